The third-order valence-corrected chi connectivity index (χ3v) is 4.63. The third-order valence-electron chi connectivity index (χ3n) is 4.63. The number of aliphatic hydroxyl groups is 3. The highest BCUT2D eigenvalue weighted by atomic mass is 16.6. The quantitative estimate of drug-likeness (QED) is 0.501. The number of epoxide rings is 1. The second kappa shape index (κ2) is 4.64. The van der Waals surface area contributed by atoms with E-state index in [0.29, 0.717) is 17.6 Å². The molecule has 3 rings (SSSR count). The summed E-state index contributed by atoms with van der Waals surface area (Å²) in [6.45, 7) is 5.96. The van der Waals surface area contributed by atoms with Crippen LogP contribution in [0.4, 0.5) is 0 Å². The minimum absolute atomic E-state index is 0.235. The number of fused-ring (bicyclic) bond motifs is 1. The van der Waals surface area contributed by atoms with Crippen molar-refractivity contribution in [3.8, 4) is 0 Å². The van der Waals surface area contributed by atoms with Crippen LogP contribution in [0.3, 0.4) is 0 Å². The molecule has 2 heterocycles. The number of ether oxygens (including phenoxy) is 2. The highest BCUT2D eigenvalue weighted by Gasteiger charge is 2.68. The maximum atomic E-state index is 10.6. The molecular formula is C15H22O5. The molecule has 2 aliphatic heterocycles. The van der Waals surface area contributed by atoms with Crippen molar-refractivity contribution >= 4 is 0 Å². The fourth-order valence-corrected chi connectivity index (χ4v) is 3.29. The van der Waals surface area contributed by atoms with Gasteiger partial charge in [0, 0.05) is 6.42 Å². The van der Waals surface area contributed by atoms with Crippen LogP contribution in [-0.4, -0.2) is 58.0 Å². The lowest BCUT2D eigenvalue weighted by molar-refractivity contribution is -0.0435. The highest BCUT2D eigenvalue weighted by molar-refractivity contribution is 5.42. The number of hydrogen-bond donors (Lipinski definition) is 3. The predicted molar refractivity (Wildman–Crippen MR) is 72.1 cm³/mol. The molecule has 0 aromatic heterocycles. The zero-order chi connectivity index (χ0) is 14.7. The molecule has 0 bridgehead atoms. The fraction of sp³-hybridized carbons (Fsp3) is 0.733. The molecule has 0 aromatic carbocycles. The minimum atomic E-state index is -0.881. The molecule has 0 unspecified atom stereocenters. The Kier molecular flexibility index (Phi) is 3.30. The van der Waals surface area contributed by atoms with Gasteiger partial charge in [-0.2, -0.15) is 0 Å². The van der Waals surface area contributed by atoms with Crippen molar-refractivity contribution in [2.75, 3.05) is 6.61 Å². The number of allylic oxidation sites excluding steroid dienone is 1. The molecule has 20 heavy (non-hydrogen) atoms. The average molecular weight is 282 g/mol. The van der Waals surface area contributed by atoms with Crippen molar-refractivity contribution < 1.29 is 24.8 Å². The molecule has 0 amide bonds. The summed E-state index contributed by atoms with van der Waals surface area (Å²) in [5, 5.41) is 31.2. The topological polar surface area (TPSA) is 82.5 Å². The van der Waals surface area contributed by atoms with E-state index >= 15 is 0 Å². The molecule has 0 radical (unpaired) electrons. The molecular weight excluding hydrogens is 260 g/mol. The molecule has 112 valence electrons. The predicted octanol–water partition coefficient (Wildman–Crippen LogP) is 0.292. The summed E-state index contributed by atoms with van der Waals surface area (Å²) in [5.74, 6) is 0. The summed E-state index contributed by atoms with van der Waals surface area (Å²) in [4.78, 5) is 0. The Balaban J connectivity index is 1.94. The smallest absolute Gasteiger partial charge is 0.131 e. The van der Waals surface area contributed by atoms with E-state index in [1.54, 1.807) is 6.92 Å². The third kappa shape index (κ3) is 1.89. The minimum Gasteiger partial charge on any atom is -0.386 e. The normalized spacial score (nSPS) is 46.6. The summed E-state index contributed by atoms with van der Waals surface area (Å²) in [5.41, 5.74) is 1.47. The Labute approximate surface area is 118 Å². The molecule has 6 atom stereocenters. The fourth-order valence-electron chi connectivity index (χ4n) is 3.29. The lowest BCUT2D eigenvalue weighted by Gasteiger charge is -2.39. The first-order valence-electron chi connectivity index (χ1n) is 7.08. The first kappa shape index (κ1) is 14.2. The molecule has 3 N–H and O–H groups in total. The maximum Gasteiger partial charge on any atom is 0.131 e. The van der Waals surface area contributed by atoms with E-state index in [-0.39, 0.29) is 12.7 Å². The molecule has 0 saturated carbocycles. The summed E-state index contributed by atoms with van der Waals surface area (Å²) in [6, 6.07) is 0. The van der Waals surface area contributed by atoms with E-state index in [2.05, 4.69) is 0 Å². The van der Waals surface area contributed by atoms with Gasteiger partial charge in [-0.05, 0) is 31.9 Å². The van der Waals surface area contributed by atoms with Crippen molar-refractivity contribution in [2.24, 2.45) is 0 Å². The van der Waals surface area contributed by atoms with Crippen molar-refractivity contribution in [3.63, 3.8) is 0 Å². The van der Waals surface area contributed by atoms with Gasteiger partial charge in [0.25, 0.3) is 0 Å². The van der Waals surface area contributed by atoms with Crippen LogP contribution >= 0.6 is 0 Å². The first-order chi connectivity index (χ1) is 9.38. The Bertz CT molecular complexity index is 479. The zero-order valence-corrected chi connectivity index (χ0v) is 12.0. The molecule has 5 heteroatoms. The van der Waals surface area contributed by atoms with Gasteiger partial charge in [0.15, 0.2) is 0 Å². The zero-order valence-electron chi connectivity index (χ0n) is 12.0. The van der Waals surface area contributed by atoms with Gasteiger partial charge >= 0.3 is 0 Å². The molecule has 3 aliphatic rings. The Hall–Kier alpha value is -0.720. The largest absolute Gasteiger partial charge is 0.386 e. The van der Waals surface area contributed by atoms with Crippen molar-refractivity contribution in [1.82, 2.24) is 0 Å². The van der Waals surface area contributed by atoms with Crippen LogP contribution in [0.5, 0.6) is 0 Å². The lowest BCUT2D eigenvalue weighted by atomic mass is 9.75. The summed E-state index contributed by atoms with van der Waals surface area (Å²) >= 11 is 0. The number of hydrogen-bond acceptors (Lipinski definition) is 5. The lowest BCUT2D eigenvalue weighted by Crippen LogP contribution is -2.51. The van der Waals surface area contributed by atoms with Crippen LogP contribution in [-0.2, 0) is 9.47 Å². The van der Waals surface area contributed by atoms with Crippen LogP contribution in [0.15, 0.2) is 22.8 Å². The van der Waals surface area contributed by atoms with Crippen molar-refractivity contribution in [1.29, 1.82) is 0 Å². The van der Waals surface area contributed by atoms with Crippen molar-refractivity contribution in [2.45, 2.75) is 63.3 Å². The second-order valence-corrected chi connectivity index (χ2v) is 6.27. The van der Waals surface area contributed by atoms with Gasteiger partial charge in [0.1, 0.15) is 30.0 Å². The molecule has 1 fully saturated rings. The molecule has 1 aliphatic carbocycles. The van der Waals surface area contributed by atoms with Gasteiger partial charge < -0.3 is 24.8 Å². The highest BCUT2D eigenvalue weighted by Crippen LogP contribution is 2.54. The van der Waals surface area contributed by atoms with E-state index in [9.17, 15) is 15.3 Å². The summed E-state index contributed by atoms with van der Waals surface area (Å²) < 4.78 is 11.1. The van der Waals surface area contributed by atoms with Crippen molar-refractivity contribution in [3.05, 3.63) is 22.8 Å². The standard InChI is InChI=1S/C15H22O5/c1-7(2)4-5-15-13(18)9-6-19-8(3)11(16)10(9)12(17)14(15)20-15/h4,8,11-14,16-18H,5-6H2,1-3H3/t8-,11-,12+,13-,14+,15+/m0/s1. The van der Waals surface area contributed by atoms with E-state index in [1.165, 1.54) is 0 Å². The monoisotopic (exact) mass is 282 g/mol. The Morgan fingerprint density at radius 2 is 2.00 bits per heavy atom. The summed E-state index contributed by atoms with van der Waals surface area (Å²) in [7, 11) is 0. The molecule has 1 saturated heterocycles. The Morgan fingerprint density at radius 1 is 1.30 bits per heavy atom. The van der Waals surface area contributed by atoms with Crippen LogP contribution in [0, 0.1) is 0 Å². The van der Waals surface area contributed by atoms with Crippen LogP contribution in [0.25, 0.3) is 0 Å². The van der Waals surface area contributed by atoms with Gasteiger partial charge in [-0.25, -0.2) is 0 Å². The number of rotatable bonds is 2. The van der Waals surface area contributed by atoms with Crippen LogP contribution in [0.2, 0.25) is 0 Å². The van der Waals surface area contributed by atoms with Crippen LogP contribution in [0.1, 0.15) is 27.2 Å². The van der Waals surface area contributed by atoms with E-state index in [1.807, 2.05) is 19.9 Å². The Morgan fingerprint density at radius 3 is 2.65 bits per heavy atom. The SMILES string of the molecule is CC(C)=CC[C@]12O[C@@H]1[C@H](O)C1=C(CO[C@@H](C)[C@@H]1O)[C@@H]2O. The first-order valence-corrected chi connectivity index (χ1v) is 7.08. The van der Waals surface area contributed by atoms with E-state index < -0.39 is 30.0 Å². The molecule has 0 aromatic rings. The average Bonchev–Trinajstić information content (AvgIpc) is 3.14. The van der Waals surface area contributed by atoms with E-state index in [4.69, 9.17) is 9.47 Å². The van der Waals surface area contributed by atoms with Crippen LogP contribution < -0.4 is 0 Å². The summed E-state index contributed by atoms with van der Waals surface area (Å²) in [6.07, 6.45) is -0.824. The second-order valence-electron chi connectivity index (χ2n) is 6.27. The molecule has 5 nitrogen and oxygen atoms in total. The maximum absolute atomic E-state index is 10.6. The van der Waals surface area contributed by atoms with Gasteiger partial charge in [0.05, 0.1) is 12.7 Å². The van der Waals surface area contributed by atoms with Gasteiger partial charge in [-0.15, -0.1) is 0 Å². The van der Waals surface area contributed by atoms with Gasteiger partial charge in [0.2, 0.25) is 0 Å². The van der Waals surface area contributed by atoms with Gasteiger partial charge in [-0.1, -0.05) is 11.6 Å². The van der Waals surface area contributed by atoms with Gasteiger partial charge in [-0.3, -0.25) is 0 Å². The number of aliphatic hydroxyl groups excluding tert-OH is 3. The van der Waals surface area contributed by atoms with E-state index in [0.717, 1.165) is 5.57 Å². The molecule has 0 spiro atoms.